The number of hydrogen-bond acceptors (Lipinski definition) is 3. The Balaban J connectivity index is 1.68. The molecule has 0 fully saturated rings. The number of carboxylic acids is 1. The predicted octanol–water partition coefficient (Wildman–Crippen LogP) is 4.71. The van der Waals surface area contributed by atoms with Crippen LogP contribution in [-0.4, -0.2) is 17.7 Å². The van der Waals surface area contributed by atoms with Crippen molar-refractivity contribution in [2.75, 3.05) is 11.9 Å². The number of anilines is 1. The summed E-state index contributed by atoms with van der Waals surface area (Å²) in [5.74, 6) is -2.24. The SMILES string of the molecule is O=C(O)COc1ccc(NCc2cccc(-c3ccccc3F)c2)cc1F. The van der Waals surface area contributed by atoms with Gasteiger partial charge >= 0.3 is 5.97 Å². The summed E-state index contributed by atoms with van der Waals surface area (Å²) in [5.41, 5.74) is 2.70. The van der Waals surface area contributed by atoms with Gasteiger partial charge < -0.3 is 15.2 Å². The molecule has 4 nitrogen and oxygen atoms in total. The Hall–Kier alpha value is -3.41. The van der Waals surface area contributed by atoms with Crippen molar-refractivity contribution in [3.63, 3.8) is 0 Å². The number of nitrogens with one attached hydrogen (secondary N) is 1. The first-order chi connectivity index (χ1) is 13.0. The van der Waals surface area contributed by atoms with Crippen LogP contribution in [0.5, 0.6) is 5.75 Å². The lowest BCUT2D eigenvalue weighted by molar-refractivity contribution is -0.139. The average Bonchev–Trinajstić information content (AvgIpc) is 2.66. The molecule has 2 N–H and O–H groups in total. The van der Waals surface area contributed by atoms with Gasteiger partial charge in [0, 0.05) is 23.9 Å². The number of benzene rings is 3. The van der Waals surface area contributed by atoms with E-state index in [1.165, 1.54) is 18.2 Å². The third kappa shape index (κ3) is 4.82. The van der Waals surface area contributed by atoms with Gasteiger partial charge in [-0.05, 0) is 35.4 Å². The number of carbonyl (C=O) groups is 1. The summed E-state index contributed by atoms with van der Waals surface area (Å²) in [4.78, 5) is 10.5. The highest BCUT2D eigenvalue weighted by molar-refractivity contribution is 5.68. The molecule has 138 valence electrons. The molecule has 0 aliphatic carbocycles. The topological polar surface area (TPSA) is 58.6 Å². The zero-order valence-corrected chi connectivity index (χ0v) is 14.3. The van der Waals surface area contributed by atoms with E-state index in [9.17, 15) is 13.6 Å². The summed E-state index contributed by atoms with van der Waals surface area (Å²) in [6.07, 6.45) is 0. The first kappa shape index (κ1) is 18.4. The first-order valence-corrected chi connectivity index (χ1v) is 8.25. The molecular formula is C21H17F2NO3. The van der Waals surface area contributed by atoms with Gasteiger partial charge in [0.15, 0.2) is 18.2 Å². The third-order valence-electron chi connectivity index (χ3n) is 3.89. The zero-order valence-electron chi connectivity index (χ0n) is 14.3. The molecule has 0 saturated carbocycles. The highest BCUT2D eigenvalue weighted by Crippen LogP contribution is 2.25. The van der Waals surface area contributed by atoms with Crippen molar-refractivity contribution in [1.29, 1.82) is 0 Å². The second kappa shape index (κ2) is 8.31. The highest BCUT2D eigenvalue weighted by Gasteiger charge is 2.08. The number of carboxylic acid groups (broad SMARTS) is 1. The minimum absolute atomic E-state index is 0.121. The van der Waals surface area contributed by atoms with Gasteiger partial charge in [0.25, 0.3) is 0 Å². The van der Waals surface area contributed by atoms with Gasteiger partial charge in [-0.1, -0.05) is 36.4 Å². The third-order valence-corrected chi connectivity index (χ3v) is 3.89. The van der Waals surface area contributed by atoms with Crippen molar-refractivity contribution < 1.29 is 23.4 Å². The van der Waals surface area contributed by atoms with E-state index in [-0.39, 0.29) is 11.6 Å². The highest BCUT2D eigenvalue weighted by atomic mass is 19.1. The fourth-order valence-electron chi connectivity index (χ4n) is 2.62. The van der Waals surface area contributed by atoms with E-state index >= 15 is 0 Å². The Morgan fingerprint density at radius 2 is 1.78 bits per heavy atom. The lowest BCUT2D eigenvalue weighted by atomic mass is 10.0. The van der Waals surface area contributed by atoms with E-state index in [2.05, 4.69) is 5.32 Å². The maximum Gasteiger partial charge on any atom is 0.341 e. The quantitative estimate of drug-likeness (QED) is 0.633. The first-order valence-electron chi connectivity index (χ1n) is 8.25. The number of hydrogen-bond donors (Lipinski definition) is 2. The van der Waals surface area contributed by atoms with Gasteiger partial charge in [0.2, 0.25) is 0 Å². The van der Waals surface area contributed by atoms with Crippen molar-refractivity contribution >= 4 is 11.7 Å². The molecule has 3 aromatic carbocycles. The molecule has 27 heavy (non-hydrogen) atoms. The normalized spacial score (nSPS) is 10.4. The maximum atomic E-state index is 14.0. The molecule has 0 aliphatic rings. The summed E-state index contributed by atoms with van der Waals surface area (Å²) in [5, 5.41) is 11.7. The van der Waals surface area contributed by atoms with Crippen LogP contribution in [0, 0.1) is 11.6 Å². The Morgan fingerprint density at radius 3 is 2.52 bits per heavy atom. The van der Waals surface area contributed by atoms with Crippen molar-refractivity contribution in [1.82, 2.24) is 0 Å². The number of halogens is 2. The maximum absolute atomic E-state index is 14.0. The molecule has 0 atom stereocenters. The van der Waals surface area contributed by atoms with Crippen molar-refractivity contribution in [2.45, 2.75) is 6.54 Å². The molecule has 0 amide bonds. The lowest BCUT2D eigenvalue weighted by Crippen LogP contribution is -2.10. The van der Waals surface area contributed by atoms with E-state index in [1.54, 1.807) is 24.3 Å². The van der Waals surface area contributed by atoms with Gasteiger partial charge in [-0.15, -0.1) is 0 Å². The van der Waals surface area contributed by atoms with Crippen LogP contribution in [0.25, 0.3) is 11.1 Å². The second-order valence-electron chi connectivity index (χ2n) is 5.86. The summed E-state index contributed by atoms with van der Waals surface area (Å²) in [6.45, 7) is -0.191. The smallest absolute Gasteiger partial charge is 0.341 e. The molecule has 0 spiro atoms. The molecule has 3 aromatic rings. The van der Waals surface area contributed by atoms with Gasteiger partial charge in [-0.25, -0.2) is 13.6 Å². The standard InChI is InChI=1S/C21H17F2NO3/c22-18-7-2-1-6-17(18)15-5-3-4-14(10-15)12-24-16-8-9-20(19(23)11-16)27-13-21(25)26/h1-11,24H,12-13H2,(H,25,26). The molecule has 0 unspecified atom stereocenters. The number of rotatable bonds is 7. The predicted molar refractivity (Wildman–Crippen MR) is 98.7 cm³/mol. The van der Waals surface area contributed by atoms with Gasteiger partial charge in [-0.3, -0.25) is 0 Å². The molecule has 0 aliphatic heterocycles. The van der Waals surface area contributed by atoms with Gasteiger partial charge in [-0.2, -0.15) is 0 Å². The van der Waals surface area contributed by atoms with Crippen LogP contribution in [0.4, 0.5) is 14.5 Å². The molecule has 0 radical (unpaired) electrons. The summed E-state index contributed by atoms with van der Waals surface area (Å²) >= 11 is 0. The molecule has 0 saturated heterocycles. The van der Waals surface area contributed by atoms with Crippen LogP contribution >= 0.6 is 0 Å². The van der Waals surface area contributed by atoms with Crippen molar-refractivity contribution in [3.8, 4) is 16.9 Å². The molecule has 6 heteroatoms. The molecule has 0 heterocycles. The van der Waals surface area contributed by atoms with E-state index in [0.29, 0.717) is 17.8 Å². The van der Waals surface area contributed by atoms with E-state index in [1.807, 2.05) is 24.3 Å². The molecule has 0 aromatic heterocycles. The molecular weight excluding hydrogens is 352 g/mol. The summed E-state index contributed by atoms with van der Waals surface area (Å²) < 4.78 is 32.8. The van der Waals surface area contributed by atoms with Gasteiger partial charge in [0.05, 0.1) is 0 Å². The Morgan fingerprint density at radius 1 is 0.963 bits per heavy atom. The monoisotopic (exact) mass is 369 g/mol. The lowest BCUT2D eigenvalue weighted by Gasteiger charge is -2.11. The Labute approximate surface area is 155 Å². The molecule has 3 rings (SSSR count). The van der Waals surface area contributed by atoms with Crippen LogP contribution in [-0.2, 0) is 11.3 Å². The van der Waals surface area contributed by atoms with Crippen molar-refractivity contribution in [3.05, 3.63) is 83.9 Å². The minimum Gasteiger partial charge on any atom is -0.479 e. The van der Waals surface area contributed by atoms with Crippen LogP contribution in [0.1, 0.15) is 5.56 Å². The van der Waals surface area contributed by atoms with Crippen LogP contribution in [0.2, 0.25) is 0 Å². The summed E-state index contributed by atoms with van der Waals surface area (Å²) in [7, 11) is 0. The van der Waals surface area contributed by atoms with E-state index in [0.717, 1.165) is 11.1 Å². The Kier molecular flexibility index (Phi) is 5.66. The van der Waals surface area contributed by atoms with Crippen molar-refractivity contribution in [2.24, 2.45) is 0 Å². The Bertz CT molecular complexity index is 960. The fraction of sp³-hybridized carbons (Fsp3) is 0.0952. The summed E-state index contributed by atoms with van der Waals surface area (Å²) in [6, 6.07) is 18.2. The van der Waals surface area contributed by atoms with Gasteiger partial charge in [0.1, 0.15) is 5.82 Å². The van der Waals surface area contributed by atoms with E-state index in [4.69, 9.17) is 9.84 Å². The van der Waals surface area contributed by atoms with Crippen LogP contribution < -0.4 is 10.1 Å². The zero-order chi connectivity index (χ0) is 19.2. The minimum atomic E-state index is -1.17. The van der Waals surface area contributed by atoms with Crippen LogP contribution in [0.3, 0.4) is 0 Å². The second-order valence-corrected chi connectivity index (χ2v) is 5.86. The molecule has 0 bridgehead atoms. The fourth-order valence-corrected chi connectivity index (χ4v) is 2.62. The number of aliphatic carboxylic acids is 1. The number of ether oxygens (including phenoxy) is 1. The largest absolute Gasteiger partial charge is 0.479 e. The van der Waals surface area contributed by atoms with E-state index < -0.39 is 18.4 Å². The average molecular weight is 369 g/mol. The van der Waals surface area contributed by atoms with Crippen LogP contribution in [0.15, 0.2) is 66.7 Å².